The van der Waals surface area contributed by atoms with Crippen LogP contribution >= 0.6 is 0 Å². The van der Waals surface area contributed by atoms with E-state index < -0.39 is 48.6 Å². The van der Waals surface area contributed by atoms with E-state index in [0.29, 0.717) is 0 Å². The Morgan fingerprint density at radius 3 is 1.67 bits per heavy atom. The highest BCUT2D eigenvalue weighted by Crippen LogP contribution is 2.36. The number of rotatable bonds is 11. The van der Waals surface area contributed by atoms with Gasteiger partial charge in [-0.25, -0.2) is 14.4 Å². The molecule has 238 valence electrons. The Labute approximate surface area is 267 Å². The number of aliphatic hydroxyl groups is 1. The third-order valence-electron chi connectivity index (χ3n) is 7.61. The summed E-state index contributed by atoms with van der Waals surface area (Å²) in [6.45, 7) is 4.98. The number of carbonyl (C=O) groups excluding carboxylic acids is 3. The van der Waals surface area contributed by atoms with Crippen molar-refractivity contribution in [2.75, 3.05) is 13.2 Å². The van der Waals surface area contributed by atoms with Gasteiger partial charge < -0.3 is 28.8 Å². The molecule has 4 aromatic rings. The average Bonchev–Trinajstić information content (AvgIpc) is 3.31. The molecule has 0 radical (unpaired) electrons. The zero-order valence-electron chi connectivity index (χ0n) is 25.9. The summed E-state index contributed by atoms with van der Waals surface area (Å²) in [6.07, 6.45) is -4.02. The van der Waals surface area contributed by atoms with E-state index in [4.69, 9.17) is 23.7 Å². The normalized spacial score (nSPS) is 20.6. The molecule has 0 saturated carbocycles. The number of hydrogen-bond acceptors (Lipinski definition) is 9. The lowest BCUT2D eigenvalue weighted by atomic mass is 10.0. The van der Waals surface area contributed by atoms with Gasteiger partial charge in [-0.05, 0) is 62.7 Å². The van der Waals surface area contributed by atoms with Crippen LogP contribution in [0.25, 0.3) is 0 Å². The van der Waals surface area contributed by atoms with Gasteiger partial charge in [0.15, 0.2) is 12.2 Å². The molecule has 1 aliphatic heterocycles. The second kappa shape index (κ2) is 14.5. The fraction of sp³-hybridized carbons (Fsp3) is 0.270. The molecule has 1 aliphatic rings. The van der Waals surface area contributed by atoms with E-state index in [1.165, 1.54) is 0 Å². The standard InChI is InChI=1S/C37H36O9/c1-24-9-15-28(16-10-24)34(38)43-23-37(41)33(45-36(40)30-19-13-26(3)14-20-30)32(44-35(39)29-17-11-25(2)12-18-29)31(46-37)22-42-21-27-7-5-4-6-8-27/h4-20,31-33,41H,21-23H2,1-3H3/t31-,32-,33-,37-/m1/s1. The van der Waals surface area contributed by atoms with Crippen LogP contribution in [0.5, 0.6) is 0 Å². The summed E-state index contributed by atoms with van der Waals surface area (Å²) < 4.78 is 29.1. The van der Waals surface area contributed by atoms with Crippen LogP contribution in [-0.2, 0) is 30.3 Å². The van der Waals surface area contributed by atoms with Gasteiger partial charge in [-0.1, -0.05) is 83.4 Å². The quantitative estimate of drug-likeness (QED) is 0.170. The molecule has 0 bridgehead atoms. The number of benzene rings is 4. The minimum absolute atomic E-state index is 0.145. The highest BCUT2D eigenvalue weighted by molar-refractivity contribution is 5.91. The van der Waals surface area contributed by atoms with Gasteiger partial charge in [-0.3, -0.25) is 0 Å². The lowest BCUT2D eigenvalue weighted by molar-refractivity contribution is -0.249. The molecule has 9 nitrogen and oxygen atoms in total. The van der Waals surface area contributed by atoms with Crippen molar-refractivity contribution in [3.8, 4) is 0 Å². The zero-order valence-corrected chi connectivity index (χ0v) is 25.9. The largest absolute Gasteiger partial charge is 0.456 e. The van der Waals surface area contributed by atoms with E-state index >= 15 is 0 Å². The molecule has 0 amide bonds. The topological polar surface area (TPSA) is 118 Å². The Bertz CT molecular complexity index is 1630. The second-order valence-corrected chi connectivity index (χ2v) is 11.4. The Hall–Kier alpha value is -4.83. The smallest absolute Gasteiger partial charge is 0.338 e. The van der Waals surface area contributed by atoms with Crippen LogP contribution in [0.4, 0.5) is 0 Å². The van der Waals surface area contributed by atoms with Gasteiger partial charge in [0.05, 0.1) is 29.9 Å². The predicted octanol–water partition coefficient (Wildman–Crippen LogP) is 5.52. The van der Waals surface area contributed by atoms with E-state index in [-0.39, 0.29) is 29.9 Å². The van der Waals surface area contributed by atoms with E-state index in [0.717, 1.165) is 22.3 Å². The van der Waals surface area contributed by atoms with Crippen molar-refractivity contribution in [1.82, 2.24) is 0 Å². The fourth-order valence-electron chi connectivity index (χ4n) is 4.95. The minimum atomic E-state index is -2.39. The molecule has 1 N–H and O–H groups in total. The van der Waals surface area contributed by atoms with Gasteiger partial charge in [0.1, 0.15) is 12.7 Å². The van der Waals surface area contributed by atoms with Crippen LogP contribution in [0.3, 0.4) is 0 Å². The van der Waals surface area contributed by atoms with Gasteiger partial charge >= 0.3 is 17.9 Å². The highest BCUT2D eigenvalue weighted by atomic mass is 16.7. The summed E-state index contributed by atoms with van der Waals surface area (Å²) in [6, 6.07) is 29.5. The molecule has 0 spiro atoms. The van der Waals surface area contributed by atoms with E-state index in [9.17, 15) is 19.5 Å². The van der Waals surface area contributed by atoms with Crippen molar-refractivity contribution in [1.29, 1.82) is 0 Å². The van der Waals surface area contributed by atoms with Crippen LogP contribution < -0.4 is 0 Å². The van der Waals surface area contributed by atoms with Gasteiger partial charge in [0.2, 0.25) is 5.79 Å². The Morgan fingerprint density at radius 1 is 0.674 bits per heavy atom. The lowest BCUT2D eigenvalue weighted by Crippen LogP contribution is -2.51. The molecule has 4 aromatic carbocycles. The first kappa shape index (κ1) is 32.6. The Balaban J connectivity index is 1.43. The first-order chi connectivity index (χ1) is 22.1. The van der Waals surface area contributed by atoms with Crippen LogP contribution in [0.2, 0.25) is 0 Å². The second-order valence-electron chi connectivity index (χ2n) is 11.4. The number of hydrogen-bond donors (Lipinski definition) is 1. The van der Waals surface area contributed by atoms with E-state index in [2.05, 4.69) is 0 Å². The molecule has 9 heteroatoms. The number of esters is 3. The summed E-state index contributed by atoms with van der Waals surface area (Å²) >= 11 is 0. The monoisotopic (exact) mass is 624 g/mol. The summed E-state index contributed by atoms with van der Waals surface area (Å²) in [4.78, 5) is 39.6. The molecule has 0 unspecified atom stereocenters. The summed E-state index contributed by atoms with van der Waals surface area (Å²) in [7, 11) is 0. The van der Waals surface area contributed by atoms with Crippen molar-refractivity contribution in [2.45, 2.75) is 51.5 Å². The summed E-state index contributed by atoms with van der Waals surface area (Å²) in [5, 5.41) is 11.9. The average molecular weight is 625 g/mol. The Morgan fingerprint density at radius 2 is 1.15 bits per heavy atom. The molecule has 5 rings (SSSR count). The Kier molecular flexibility index (Phi) is 10.3. The molecule has 4 atom stereocenters. The number of ether oxygens (including phenoxy) is 5. The predicted molar refractivity (Wildman–Crippen MR) is 168 cm³/mol. The highest BCUT2D eigenvalue weighted by Gasteiger charge is 2.60. The summed E-state index contributed by atoms with van der Waals surface area (Å²) in [5.41, 5.74) is 4.43. The maximum Gasteiger partial charge on any atom is 0.338 e. The van der Waals surface area contributed by atoms with Crippen molar-refractivity contribution in [3.63, 3.8) is 0 Å². The third-order valence-corrected chi connectivity index (χ3v) is 7.61. The van der Waals surface area contributed by atoms with Crippen molar-refractivity contribution in [3.05, 3.63) is 142 Å². The van der Waals surface area contributed by atoms with Crippen LogP contribution in [0, 0.1) is 20.8 Å². The minimum Gasteiger partial charge on any atom is -0.456 e. The van der Waals surface area contributed by atoms with E-state index in [1.807, 2.05) is 51.1 Å². The maximum atomic E-state index is 13.4. The van der Waals surface area contributed by atoms with Crippen molar-refractivity contribution in [2.24, 2.45) is 0 Å². The molecule has 46 heavy (non-hydrogen) atoms. The SMILES string of the molecule is Cc1ccc(C(=O)OC[C@@]2(O)O[C@H](COCc3ccccc3)[C@@H](OC(=O)c3ccc(C)cc3)[C@H]2OC(=O)c2ccc(C)cc2)cc1. The molecule has 1 saturated heterocycles. The van der Waals surface area contributed by atoms with Gasteiger partial charge in [-0.15, -0.1) is 0 Å². The third kappa shape index (κ3) is 8.06. The summed E-state index contributed by atoms with van der Waals surface area (Å²) in [5.74, 6) is -4.63. The van der Waals surface area contributed by atoms with Gasteiger partial charge in [0, 0.05) is 0 Å². The number of aryl methyl sites for hydroxylation is 3. The molecule has 1 fully saturated rings. The zero-order chi connectivity index (χ0) is 32.7. The molecule has 1 heterocycles. The molecular formula is C37H36O9. The van der Waals surface area contributed by atoms with Crippen LogP contribution in [0.1, 0.15) is 53.3 Å². The van der Waals surface area contributed by atoms with Gasteiger partial charge in [0.25, 0.3) is 0 Å². The maximum absolute atomic E-state index is 13.4. The van der Waals surface area contributed by atoms with Gasteiger partial charge in [-0.2, -0.15) is 0 Å². The lowest BCUT2D eigenvalue weighted by Gasteiger charge is -2.29. The fourth-order valence-corrected chi connectivity index (χ4v) is 4.95. The molecule has 0 aromatic heterocycles. The van der Waals surface area contributed by atoms with Crippen LogP contribution in [-0.4, -0.2) is 60.3 Å². The first-order valence-corrected chi connectivity index (χ1v) is 14.9. The number of carbonyl (C=O) groups is 3. The van der Waals surface area contributed by atoms with Crippen LogP contribution in [0.15, 0.2) is 103 Å². The first-order valence-electron chi connectivity index (χ1n) is 14.9. The molecule has 0 aliphatic carbocycles. The molecular weight excluding hydrogens is 588 g/mol. The van der Waals surface area contributed by atoms with Crippen molar-refractivity contribution >= 4 is 17.9 Å². The van der Waals surface area contributed by atoms with E-state index in [1.54, 1.807) is 72.8 Å². The van der Waals surface area contributed by atoms with Crippen molar-refractivity contribution < 1.29 is 43.2 Å².